The van der Waals surface area contributed by atoms with Crippen LogP contribution >= 0.6 is 11.8 Å². The molecule has 0 unspecified atom stereocenters. The van der Waals surface area contributed by atoms with Gasteiger partial charge in [0.2, 0.25) is 0 Å². The van der Waals surface area contributed by atoms with E-state index in [1.807, 2.05) is 18.2 Å². The number of allylic oxidation sites excluding steroid dienone is 2. The van der Waals surface area contributed by atoms with Crippen LogP contribution in [0.25, 0.3) is 10.9 Å². The number of amides is 2. The van der Waals surface area contributed by atoms with Gasteiger partial charge in [-0.3, -0.25) is 23.9 Å². The second-order valence-electron chi connectivity index (χ2n) is 8.08. The molecule has 2 amide bonds. The highest BCUT2D eigenvalue weighted by Crippen LogP contribution is 2.27. The number of hydrogen-bond acceptors (Lipinski definition) is 5. The van der Waals surface area contributed by atoms with Crippen LogP contribution in [0.3, 0.4) is 0 Å². The third-order valence-electron chi connectivity index (χ3n) is 6.07. The van der Waals surface area contributed by atoms with E-state index in [0.717, 1.165) is 19.3 Å². The molecule has 2 aromatic carbocycles. The summed E-state index contributed by atoms with van der Waals surface area (Å²) in [6.45, 7) is 0.535. The van der Waals surface area contributed by atoms with Crippen molar-refractivity contribution in [1.82, 2.24) is 14.5 Å². The highest BCUT2D eigenvalue weighted by molar-refractivity contribution is 7.99. The van der Waals surface area contributed by atoms with Crippen LogP contribution in [0.5, 0.6) is 0 Å². The molecule has 1 aliphatic carbocycles. The number of carbonyl (C=O) groups is 2. The van der Waals surface area contributed by atoms with Crippen molar-refractivity contribution in [3.05, 3.63) is 81.7 Å². The van der Waals surface area contributed by atoms with E-state index in [2.05, 4.69) is 6.08 Å². The van der Waals surface area contributed by atoms with Gasteiger partial charge in [0.15, 0.2) is 5.16 Å². The van der Waals surface area contributed by atoms with Crippen LogP contribution in [0.1, 0.15) is 52.8 Å². The molecule has 7 heteroatoms. The van der Waals surface area contributed by atoms with E-state index in [0.29, 0.717) is 33.7 Å². The van der Waals surface area contributed by atoms with Crippen LogP contribution in [0.15, 0.2) is 70.1 Å². The minimum atomic E-state index is -0.305. The lowest BCUT2D eigenvalue weighted by Crippen LogP contribution is -2.30. The van der Waals surface area contributed by atoms with Crippen LogP contribution in [-0.2, 0) is 6.54 Å². The number of carbonyl (C=O) groups excluding carboxylic acids is 2. The maximum Gasteiger partial charge on any atom is 0.262 e. The minimum absolute atomic E-state index is 0.0862. The normalized spacial score (nSPS) is 15.9. The van der Waals surface area contributed by atoms with Gasteiger partial charge in [-0.1, -0.05) is 47.7 Å². The number of benzene rings is 2. The first-order valence-electron chi connectivity index (χ1n) is 10.9. The minimum Gasteiger partial charge on any atom is -0.287 e. The van der Waals surface area contributed by atoms with Gasteiger partial charge < -0.3 is 0 Å². The van der Waals surface area contributed by atoms with Crippen LogP contribution in [0, 0.1) is 0 Å². The van der Waals surface area contributed by atoms with Crippen molar-refractivity contribution in [3.8, 4) is 0 Å². The lowest BCUT2D eigenvalue weighted by atomic mass is 9.97. The Morgan fingerprint density at radius 2 is 1.62 bits per heavy atom. The van der Waals surface area contributed by atoms with Gasteiger partial charge in [0.1, 0.15) is 0 Å². The standard InChI is InChI=1S/C25H23N3O3S/c29-22-18-10-4-5-11-19(18)23(30)28(22)16-32-25-26-21-13-7-6-12-20(21)24(31)27(25)15-14-17-8-2-1-3-9-17/h4-8,10-13H,1-3,9,14-16H2. The molecule has 162 valence electrons. The number of imide groups is 1. The molecule has 0 saturated carbocycles. The Hall–Kier alpha value is -3.19. The predicted molar refractivity (Wildman–Crippen MR) is 125 cm³/mol. The number of rotatable bonds is 6. The molecule has 32 heavy (non-hydrogen) atoms. The van der Waals surface area contributed by atoms with Crippen molar-refractivity contribution in [2.75, 3.05) is 5.88 Å². The molecular weight excluding hydrogens is 422 g/mol. The Bertz CT molecular complexity index is 1280. The molecule has 0 spiro atoms. The average molecular weight is 446 g/mol. The first kappa shape index (κ1) is 20.7. The van der Waals surface area contributed by atoms with Gasteiger partial charge in [0.25, 0.3) is 17.4 Å². The van der Waals surface area contributed by atoms with E-state index < -0.39 is 0 Å². The molecule has 1 aromatic heterocycles. The van der Waals surface area contributed by atoms with Gasteiger partial charge in [0.05, 0.1) is 27.9 Å². The quantitative estimate of drug-likeness (QED) is 0.239. The number of para-hydroxylation sites is 1. The lowest BCUT2D eigenvalue weighted by Gasteiger charge is -2.18. The second-order valence-corrected chi connectivity index (χ2v) is 9.00. The van der Waals surface area contributed by atoms with E-state index in [1.54, 1.807) is 34.9 Å². The molecule has 0 atom stereocenters. The summed E-state index contributed by atoms with van der Waals surface area (Å²) in [4.78, 5) is 44.7. The van der Waals surface area contributed by atoms with Crippen molar-refractivity contribution in [2.45, 2.75) is 43.8 Å². The van der Waals surface area contributed by atoms with Crippen molar-refractivity contribution in [1.29, 1.82) is 0 Å². The largest absolute Gasteiger partial charge is 0.287 e. The van der Waals surface area contributed by atoms with Crippen LogP contribution < -0.4 is 5.56 Å². The number of fused-ring (bicyclic) bond motifs is 2. The van der Waals surface area contributed by atoms with E-state index in [9.17, 15) is 14.4 Å². The third kappa shape index (κ3) is 3.77. The van der Waals surface area contributed by atoms with Crippen LogP contribution in [0.4, 0.5) is 0 Å². The lowest BCUT2D eigenvalue weighted by molar-refractivity contribution is 0.0684. The summed E-state index contributed by atoms with van der Waals surface area (Å²) < 4.78 is 1.70. The zero-order valence-corrected chi connectivity index (χ0v) is 18.4. The van der Waals surface area contributed by atoms with Gasteiger partial charge in [-0.2, -0.15) is 0 Å². The number of thioether (sulfide) groups is 1. The summed E-state index contributed by atoms with van der Waals surface area (Å²) in [7, 11) is 0. The Labute approximate surface area is 190 Å². The summed E-state index contributed by atoms with van der Waals surface area (Å²) in [6.07, 6.45) is 7.68. The molecule has 3 aromatic rings. The van der Waals surface area contributed by atoms with Crippen LogP contribution in [0.2, 0.25) is 0 Å². The number of nitrogens with zero attached hydrogens (tertiary/aromatic N) is 3. The number of aromatic nitrogens is 2. The molecule has 0 saturated heterocycles. The van der Waals surface area contributed by atoms with Gasteiger partial charge in [-0.15, -0.1) is 0 Å². The van der Waals surface area contributed by atoms with Crippen molar-refractivity contribution in [3.63, 3.8) is 0 Å². The van der Waals surface area contributed by atoms with E-state index >= 15 is 0 Å². The van der Waals surface area contributed by atoms with E-state index in [4.69, 9.17) is 4.98 Å². The van der Waals surface area contributed by atoms with Gasteiger partial charge in [-0.25, -0.2) is 4.98 Å². The molecule has 0 N–H and O–H groups in total. The van der Waals surface area contributed by atoms with Gasteiger partial charge in [0, 0.05) is 6.54 Å². The average Bonchev–Trinajstić information content (AvgIpc) is 3.07. The summed E-state index contributed by atoms with van der Waals surface area (Å²) in [6, 6.07) is 14.1. The van der Waals surface area contributed by atoms with Crippen LogP contribution in [-0.4, -0.2) is 32.1 Å². The summed E-state index contributed by atoms with van der Waals surface area (Å²) in [5.41, 5.74) is 2.76. The third-order valence-corrected chi connectivity index (χ3v) is 7.03. The first-order valence-corrected chi connectivity index (χ1v) is 11.9. The Kier molecular flexibility index (Phi) is 5.66. The molecular formula is C25H23N3O3S. The maximum absolute atomic E-state index is 13.3. The summed E-state index contributed by atoms with van der Waals surface area (Å²) >= 11 is 1.25. The molecule has 2 heterocycles. The topological polar surface area (TPSA) is 72.3 Å². The molecule has 6 nitrogen and oxygen atoms in total. The van der Waals surface area contributed by atoms with E-state index in [-0.39, 0.29) is 23.3 Å². The van der Waals surface area contributed by atoms with Gasteiger partial charge in [-0.05, 0) is 56.4 Å². The highest BCUT2D eigenvalue weighted by Gasteiger charge is 2.35. The Morgan fingerprint density at radius 1 is 0.906 bits per heavy atom. The maximum atomic E-state index is 13.3. The Morgan fingerprint density at radius 3 is 2.34 bits per heavy atom. The molecule has 0 radical (unpaired) electrons. The highest BCUT2D eigenvalue weighted by atomic mass is 32.2. The second kappa shape index (κ2) is 8.74. The molecule has 0 fully saturated rings. The fourth-order valence-corrected chi connectivity index (χ4v) is 5.29. The molecule has 1 aliphatic heterocycles. The van der Waals surface area contributed by atoms with Crippen molar-refractivity contribution in [2.24, 2.45) is 0 Å². The van der Waals surface area contributed by atoms with Crippen molar-refractivity contribution >= 4 is 34.5 Å². The Balaban J connectivity index is 1.43. The smallest absolute Gasteiger partial charge is 0.262 e. The van der Waals surface area contributed by atoms with E-state index in [1.165, 1.54) is 35.1 Å². The molecule has 2 aliphatic rings. The zero-order chi connectivity index (χ0) is 22.1. The molecule has 0 bridgehead atoms. The summed E-state index contributed by atoms with van der Waals surface area (Å²) in [5.74, 6) is -0.500. The van der Waals surface area contributed by atoms with Gasteiger partial charge >= 0.3 is 0 Å². The predicted octanol–water partition coefficient (Wildman–Crippen LogP) is 4.63. The number of hydrogen-bond donors (Lipinski definition) is 0. The summed E-state index contributed by atoms with van der Waals surface area (Å²) in [5, 5.41) is 1.11. The molecule has 5 rings (SSSR count). The van der Waals surface area contributed by atoms with Crippen molar-refractivity contribution < 1.29 is 9.59 Å². The zero-order valence-electron chi connectivity index (χ0n) is 17.6. The SMILES string of the molecule is O=C1c2ccccc2C(=O)N1CSc1nc2ccccc2c(=O)n1CCC1=CCCCC1. The first-order chi connectivity index (χ1) is 15.6. The monoisotopic (exact) mass is 445 g/mol. The fraction of sp³-hybridized carbons (Fsp3) is 0.280. The fourth-order valence-electron chi connectivity index (χ4n) is 4.32.